The van der Waals surface area contributed by atoms with Crippen molar-refractivity contribution in [3.63, 3.8) is 0 Å². The maximum absolute atomic E-state index is 11.6. The molecule has 100 valence electrons. The molecule has 2 rings (SSSR count). The normalized spacial score (nSPS) is 15.5. The average molecular weight is 284 g/mol. The molecule has 5 heteroatoms. The van der Waals surface area contributed by atoms with Gasteiger partial charge >= 0.3 is 0 Å². The summed E-state index contributed by atoms with van der Waals surface area (Å²) in [5.41, 5.74) is 6.74. The molecule has 0 atom stereocenters. The summed E-state index contributed by atoms with van der Waals surface area (Å²) in [5.74, 6) is 0.880. The molecule has 0 radical (unpaired) electrons. The van der Waals surface area contributed by atoms with E-state index in [9.17, 15) is 4.79 Å². The zero-order valence-corrected chi connectivity index (χ0v) is 12.8. The van der Waals surface area contributed by atoms with Crippen LogP contribution in [-0.2, 0) is 0 Å². The van der Waals surface area contributed by atoms with Crippen LogP contribution in [0, 0.1) is 5.92 Å². The van der Waals surface area contributed by atoms with Crippen LogP contribution in [0.3, 0.4) is 0 Å². The molecule has 1 fully saturated rings. The Labute approximate surface area is 117 Å². The lowest BCUT2D eigenvalue weighted by molar-refractivity contribution is 0.102. The summed E-state index contributed by atoms with van der Waals surface area (Å²) in [6.07, 6.45) is 6.04. The van der Waals surface area contributed by atoms with Gasteiger partial charge in [0.25, 0.3) is 0 Å². The van der Waals surface area contributed by atoms with Gasteiger partial charge in [0.05, 0.1) is 15.5 Å². The Hall–Kier alpha value is -0.680. The smallest absolute Gasteiger partial charge is 0.171 e. The first-order chi connectivity index (χ1) is 8.54. The highest BCUT2D eigenvalue weighted by Gasteiger charge is 2.24. The highest BCUT2D eigenvalue weighted by atomic mass is 32.2. The molecule has 0 unspecified atom stereocenters. The van der Waals surface area contributed by atoms with Gasteiger partial charge in [-0.15, -0.1) is 23.1 Å². The topological polar surface area (TPSA) is 46.3 Å². The lowest BCUT2D eigenvalue weighted by Gasteiger charge is -2.31. The minimum absolute atomic E-state index is 0.0658. The molecular weight excluding hydrogens is 264 g/mol. The fourth-order valence-corrected chi connectivity index (χ4v) is 4.35. The van der Waals surface area contributed by atoms with E-state index in [-0.39, 0.29) is 5.78 Å². The zero-order chi connectivity index (χ0) is 13.3. The number of rotatable bonds is 5. The van der Waals surface area contributed by atoms with Gasteiger partial charge in [0.1, 0.15) is 5.00 Å². The monoisotopic (exact) mass is 284 g/mol. The van der Waals surface area contributed by atoms with Crippen LogP contribution in [-0.4, -0.2) is 25.6 Å². The van der Waals surface area contributed by atoms with Crippen LogP contribution < -0.4 is 10.6 Å². The molecule has 18 heavy (non-hydrogen) atoms. The minimum atomic E-state index is 0.0658. The summed E-state index contributed by atoms with van der Waals surface area (Å²) >= 11 is 3.17. The number of carbonyl (C=O) groups excluding carboxylic acids is 1. The van der Waals surface area contributed by atoms with Crippen molar-refractivity contribution in [3.05, 3.63) is 4.88 Å². The zero-order valence-electron chi connectivity index (χ0n) is 11.2. The van der Waals surface area contributed by atoms with Gasteiger partial charge in [-0.25, -0.2) is 0 Å². The predicted molar refractivity (Wildman–Crippen MR) is 81.1 cm³/mol. The number of hydrogen-bond acceptors (Lipinski definition) is 5. The third-order valence-corrected chi connectivity index (χ3v) is 5.88. The molecule has 0 saturated heterocycles. The van der Waals surface area contributed by atoms with Gasteiger partial charge in [0, 0.05) is 20.5 Å². The van der Waals surface area contributed by atoms with Crippen molar-refractivity contribution in [2.75, 3.05) is 30.5 Å². The van der Waals surface area contributed by atoms with E-state index >= 15 is 0 Å². The van der Waals surface area contributed by atoms with Gasteiger partial charge in [-0.2, -0.15) is 0 Å². The van der Waals surface area contributed by atoms with Crippen molar-refractivity contribution in [1.29, 1.82) is 0 Å². The Morgan fingerprint density at radius 3 is 2.67 bits per heavy atom. The van der Waals surface area contributed by atoms with E-state index in [1.807, 2.05) is 6.26 Å². The maximum atomic E-state index is 11.6. The number of Topliss-reactive ketones (excluding diaryl/α,β-unsaturated/α-hetero) is 1. The fraction of sp³-hybridized carbons (Fsp3) is 0.615. The van der Waals surface area contributed by atoms with Crippen LogP contribution in [0.4, 0.5) is 10.7 Å². The third-order valence-electron chi connectivity index (χ3n) is 3.51. The summed E-state index contributed by atoms with van der Waals surface area (Å²) in [6.45, 7) is 2.66. The van der Waals surface area contributed by atoms with Crippen LogP contribution in [0.5, 0.6) is 0 Å². The van der Waals surface area contributed by atoms with Crippen LogP contribution in [0.2, 0.25) is 0 Å². The molecule has 2 N–H and O–H groups in total. The molecule has 1 saturated carbocycles. The van der Waals surface area contributed by atoms with Crippen LogP contribution in [0.15, 0.2) is 4.90 Å². The molecule has 1 heterocycles. The van der Waals surface area contributed by atoms with Crippen molar-refractivity contribution < 1.29 is 4.79 Å². The first kappa shape index (κ1) is 13.7. The molecule has 1 aromatic heterocycles. The van der Waals surface area contributed by atoms with Gasteiger partial charge in [-0.3, -0.25) is 4.79 Å². The number of carbonyl (C=O) groups is 1. The Kier molecular flexibility index (Phi) is 4.22. The van der Waals surface area contributed by atoms with E-state index < -0.39 is 0 Å². The van der Waals surface area contributed by atoms with E-state index in [1.165, 1.54) is 30.6 Å². The summed E-state index contributed by atoms with van der Waals surface area (Å²) in [6, 6.07) is 0. The summed E-state index contributed by atoms with van der Waals surface area (Å²) in [7, 11) is 2.10. The van der Waals surface area contributed by atoms with E-state index in [1.54, 1.807) is 18.7 Å². The SMILES string of the molecule is CSc1c(N(C)CC2CCC2)sc(C(C)=O)c1N. The van der Waals surface area contributed by atoms with Crippen molar-refractivity contribution in [2.24, 2.45) is 5.92 Å². The Balaban J connectivity index is 2.24. The van der Waals surface area contributed by atoms with E-state index in [0.717, 1.165) is 22.4 Å². The fourth-order valence-electron chi connectivity index (χ4n) is 2.27. The van der Waals surface area contributed by atoms with Crippen molar-refractivity contribution in [2.45, 2.75) is 31.1 Å². The second kappa shape index (κ2) is 5.53. The second-order valence-electron chi connectivity index (χ2n) is 4.92. The molecule has 0 aromatic carbocycles. The number of nitrogens with zero attached hydrogens (tertiary/aromatic N) is 1. The van der Waals surface area contributed by atoms with E-state index in [2.05, 4.69) is 11.9 Å². The number of hydrogen-bond donors (Lipinski definition) is 1. The molecule has 1 aliphatic rings. The first-order valence-corrected chi connectivity index (χ1v) is 8.27. The molecule has 0 spiro atoms. The van der Waals surface area contributed by atoms with Crippen molar-refractivity contribution in [1.82, 2.24) is 0 Å². The van der Waals surface area contributed by atoms with Gasteiger partial charge in [0.15, 0.2) is 5.78 Å². The lowest BCUT2D eigenvalue weighted by Crippen LogP contribution is -2.28. The van der Waals surface area contributed by atoms with Gasteiger partial charge < -0.3 is 10.6 Å². The molecule has 0 bridgehead atoms. The summed E-state index contributed by atoms with van der Waals surface area (Å²) in [5, 5.41) is 1.15. The molecule has 0 aliphatic heterocycles. The summed E-state index contributed by atoms with van der Waals surface area (Å²) < 4.78 is 0. The van der Waals surface area contributed by atoms with Crippen molar-refractivity contribution in [3.8, 4) is 0 Å². The van der Waals surface area contributed by atoms with E-state index in [0.29, 0.717) is 10.6 Å². The van der Waals surface area contributed by atoms with Gasteiger partial charge in [-0.05, 0) is 25.0 Å². The molecule has 1 aliphatic carbocycles. The third kappa shape index (κ3) is 2.52. The quantitative estimate of drug-likeness (QED) is 0.664. The number of nitrogens with two attached hydrogens (primary N) is 1. The van der Waals surface area contributed by atoms with Gasteiger partial charge in [0.2, 0.25) is 0 Å². The highest BCUT2D eigenvalue weighted by molar-refractivity contribution is 7.99. The predicted octanol–water partition coefficient (Wildman–Crippen LogP) is 3.49. The average Bonchev–Trinajstić information content (AvgIpc) is 2.60. The number of thioether (sulfide) groups is 1. The molecular formula is C13H20N2OS2. The first-order valence-electron chi connectivity index (χ1n) is 6.23. The maximum Gasteiger partial charge on any atom is 0.171 e. The summed E-state index contributed by atoms with van der Waals surface area (Å²) in [4.78, 5) is 15.6. The standard InChI is InChI=1S/C13H20N2OS2/c1-8(16)11-10(14)12(17-3)13(18-11)15(2)7-9-5-4-6-9/h9H,4-7,14H2,1-3H3. The van der Waals surface area contributed by atoms with Crippen LogP contribution >= 0.6 is 23.1 Å². The van der Waals surface area contributed by atoms with E-state index in [4.69, 9.17) is 5.73 Å². The second-order valence-corrected chi connectivity index (χ2v) is 6.73. The Morgan fingerprint density at radius 2 is 2.22 bits per heavy atom. The molecule has 3 nitrogen and oxygen atoms in total. The lowest BCUT2D eigenvalue weighted by atomic mass is 9.85. The number of ketones is 1. The Morgan fingerprint density at radius 1 is 1.56 bits per heavy atom. The molecule has 0 amide bonds. The highest BCUT2D eigenvalue weighted by Crippen LogP contribution is 2.44. The molecule has 1 aromatic rings. The number of thiophene rings is 1. The van der Waals surface area contributed by atoms with Crippen LogP contribution in [0.25, 0.3) is 0 Å². The van der Waals surface area contributed by atoms with Crippen LogP contribution in [0.1, 0.15) is 35.9 Å². The largest absolute Gasteiger partial charge is 0.396 e. The Bertz CT molecular complexity index is 452. The van der Waals surface area contributed by atoms with Gasteiger partial charge in [-0.1, -0.05) is 6.42 Å². The number of nitrogen functional groups attached to an aromatic ring is 1. The number of anilines is 2. The van der Waals surface area contributed by atoms with Crippen molar-refractivity contribution >= 4 is 39.6 Å². The minimum Gasteiger partial charge on any atom is -0.396 e.